The molecule has 0 amide bonds. The number of phenols is 1. The fourth-order valence-electron chi connectivity index (χ4n) is 3.79. The Morgan fingerprint density at radius 1 is 0.929 bits per heavy atom. The lowest BCUT2D eigenvalue weighted by molar-refractivity contribution is -0.0204. The second-order valence-electron chi connectivity index (χ2n) is 6.87. The molecule has 1 N–H and O–H groups in total. The SMILES string of the molecule is Oc1ccc(Br)cc1[C@@H]1Oc2ccc(Br)cc2[C@H]2CC(c3ccccc3)=NN21. The summed E-state index contributed by atoms with van der Waals surface area (Å²) in [6, 6.07) is 21.6. The molecule has 0 fully saturated rings. The van der Waals surface area contributed by atoms with Gasteiger partial charge in [-0.1, -0.05) is 62.2 Å². The van der Waals surface area contributed by atoms with Crippen LogP contribution in [0.25, 0.3) is 0 Å². The van der Waals surface area contributed by atoms with Gasteiger partial charge in [0.25, 0.3) is 0 Å². The highest BCUT2D eigenvalue weighted by molar-refractivity contribution is 9.10. The van der Waals surface area contributed by atoms with Gasteiger partial charge in [0.1, 0.15) is 11.5 Å². The molecule has 5 rings (SSSR count). The lowest BCUT2D eigenvalue weighted by Crippen LogP contribution is -2.33. The summed E-state index contributed by atoms with van der Waals surface area (Å²) in [6.07, 6.45) is 0.277. The zero-order valence-electron chi connectivity index (χ0n) is 14.7. The Morgan fingerprint density at radius 3 is 2.43 bits per heavy atom. The van der Waals surface area contributed by atoms with Crippen molar-refractivity contribution in [3.05, 3.63) is 92.4 Å². The molecule has 140 valence electrons. The van der Waals surface area contributed by atoms with Crippen LogP contribution >= 0.6 is 31.9 Å². The van der Waals surface area contributed by atoms with Crippen molar-refractivity contribution >= 4 is 37.6 Å². The molecule has 0 unspecified atom stereocenters. The summed E-state index contributed by atoms with van der Waals surface area (Å²) in [6.45, 7) is 0. The molecule has 3 aromatic carbocycles. The molecule has 4 nitrogen and oxygen atoms in total. The summed E-state index contributed by atoms with van der Waals surface area (Å²) in [4.78, 5) is 0. The number of rotatable bonds is 2. The third kappa shape index (κ3) is 3.01. The minimum atomic E-state index is -0.502. The molecule has 2 aliphatic rings. The van der Waals surface area contributed by atoms with Crippen LogP contribution in [0.5, 0.6) is 11.5 Å². The number of hydrazone groups is 1. The molecule has 28 heavy (non-hydrogen) atoms. The van der Waals surface area contributed by atoms with Crippen LogP contribution in [0.4, 0.5) is 0 Å². The highest BCUT2D eigenvalue weighted by atomic mass is 79.9. The molecule has 2 heterocycles. The summed E-state index contributed by atoms with van der Waals surface area (Å²) in [5.74, 6) is 1.01. The molecule has 0 saturated carbocycles. The minimum Gasteiger partial charge on any atom is -0.507 e. The van der Waals surface area contributed by atoms with Crippen molar-refractivity contribution in [2.75, 3.05) is 0 Å². The number of aromatic hydroxyl groups is 1. The number of benzene rings is 3. The van der Waals surface area contributed by atoms with E-state index in [-0.39, 0.29) is 11.8 Å². The Bertz CT molecular complexity index is 1090. The molecule has 3 aromatic rings. The highest BCUT2D eigenvalue weighted by Crippen LogP contribution is 2.49. The number of halogens is 2. The quantitative estimate of drug-likeness (QED) is 0.459. The maximum absolute atomic E-state index is 10.5. The normalized spacial score (nSPS) is 20.2. The summed E-state index contributed by atoms with van der Waals surface area (Å²) >= 11 is 7.07. The lowest BCUT2D eigenvalue weighted by atomic mass is 9.96. The number of hydrogen-bond acceptors (Lipinski definition) is 4. The Hall–Kier alpha value is -2.31. The Morgan fingerprint density at radius 2 is 1.64 bits per heavy atom. The number of phenolic OH excluding ortho intramolecular Hbond substituents is 1. The predicted octanol–water partition coefficient (Wildman–Crippen LogP) is 6.16. The minimum absolute atomic E-state index is 0.0415. The molecular formula is C22H16Br2N2O2. The largest absolute Gasteiger partial charge is 0.507 e. The van der Waals surface area contributed by atoms with E-state index in [9.17, 15) is 5.11 Å². The summed E-state index contributed by atoms with van der Waals surface area (Å²) in [5.41, 5.74) is 3.90. The van der Waals surface area contributed by atoms with E-state index in [1.807, 2.05) is 47.5 Å². The number of fused-ring (bicyclic) bond motifs is 3. The van der Waals surface area contributed by atoms with Gasteiger partial charge in [-0.2, -0.15) is 5.10 Å². The number of ether oxygens (including phenoxy) is 1. The second-order valence-corrected chi connectivity index (χ2v) is 8.70. The van der Waals surface area contributed by atoms with Crippen molar-refractivity contribution in [2.24, 2.45) is 5.10 Å². The standard InChI is InChI=1S/C22H16Br2N2O2/c23-14-6-8-20(27)17(11-14)22-26-19(16-10-15(24)7-9-21(16)28-22)12-18(25-26)13-4-2-1-3-5-13/h1-11,19,22,27H,12H2/t19-,22+/m1/s1. The van der Waals surface area contributed by atoms with Crippen molar-refractivity contribution < 1.29 is 9.84 Å². The van der Waals surface area contributed by atoms with Crippen LogP contribution in [0.2, 0.25) is 0 Å². The zero-order valence-corrected chi connectivity index (χ0v) is 17.9. The van der Waals surface area contributed by atoms with Gasteiger partial charge >= 0.3 is 0 Å². The third-order valence-electron chi connectivity index (χ3n) is 5.11. The molecule has 0 bridgehead atoms. The highest BCUT2D eigenvalue weighted by Gasteiger charge is 2.42. The van der Waals surface area contributed by atoms with Crippen molar-refractivity contribution in [2.45, 2.75) is 18.7 Å². The second kappa shape index (κ2) is 6.94. The van der Waals surface area contributed by atoms with Gasteiger partial charge in [-0.25, -0.2) is 5.01 Å². The Labute approximate surface area is 179 Å². The van der Waals surface area contributed by atoms with Gasteiger partial charge < -0.3 is 9.84 Å². The van der Waals surface area contributed by atoms with Gasteiger partial charge in [-0.3, -0.25) is 0 Å². The van der Waals surface area contributed by atoms with Crippen molar-refractivity contribution in [1.82, 2.24) is 5.01 Å². The maximum atomic E-state index is 10.5. The monoisotopic (exact) mass is 498 g/mol. The van der Waals surface area contributed by atoms with E-state index >= 15 is 0 Å². The van der Waals surface area contributed by atoms with Gasteiger partial charge in [-0.05, 0) is 42.0 Å². The first-order valence-electron chi connectivity index (χ1n) is 8.96. The topological polar surface area (TPSA) is 45.1 Å². The average Bonchev–Trinajstić information content (AvgIpc) is 3.16. The van der Waals surface area contributed by atoms with Crippen molar-refractivity contribution in [3.8, 4) is 11.5 Å². The van der Waals surface area contributed by atoms with Crippen LogP contribution in [0, 0.1) is 0 Å². The van der Waals surface area contributed by atoms with E-state index in [1.54, 1.807) is 6.07 Å². The maximum Gasteiger partial charge on any atom is 0.217 e. The van der Waals surface area contributed by atoms with E-state index in [2.05, 4.69) is 50.1 Å². The van der Waals surface area contributed by atoms with Gasteiger partial charge in [-0.15, -0.1) is 0 Å². The van der Waals surface area contributed by atoms with Crippen molar-refractivity contribution in [1.29, 1.82) is 0 Å². The van der Waals surface area contributed by atoms with Crippen LogP contribution in [-0.4, -0.2) is 15.8 Å². The summed E-state index contributed by atoms with van der Waals surface area (Å²) < 4.78 is 8.21. The molecule has 0 aliphatic carbocycles. The van der Waals surface area contributed by atoms with E-state index in [0.717, 1.165) is 38.0 Å². The number of hydrogen-bond donors (Lipinski definition) is 1. The summed E-state index contributed by atoms with van der Waals surface area (Å²) in [5, 5.41) is 17.4. The fourth-order valence-corrected chi connectivity index (χ4v) is 4.55. The first kappa shape index (κ1) is 17.8. The number of nitrogens with zero attached hydrogens (tertiary/aromatic N) is 2. The molecule has 2 aliphatic heterocycles. The first-order valence-corrected chi connectivity index (χ1v) is 10.5. The van der Waals surface area contributed by atoms with Crippen LogP contribution in [0.3, 0.4) is 0 Å². The smallest absolute Gasteiger partial charge is 0.217 e. The summed E-state index contributed by atoms with van der Waals surface area (Å²) in [7, 11) is 0. The molecule has 0 aromatic heterocycles. The predicted molar refractivity (Wildman–Crippen MR) is 115 cm³/mol. The van der Waals surface area contributed by atoms with Gasteiger partial charge in [0.05, 0.1) is 17.3 Å². The van der Waals surface area contributed by atoms with Gasteiger partial charge in [0.2, 0.25) is 6.23 Å². The fraction of sp³-hybridized carbons (Fsp3) is 0.136. The van der Waals surface area contributed by atoms with E-state index in [0.29, 0.717) is 5.56 Å². The average molecular weight is 500 g/mol. The molecule has 0 saturated heterocycles. The Kier molecular flexibility index (Phi) is 4.40. The van der Waals surface area contributed by atoms with Crippen LogP contribution < -0.4 is 4.74 Å². The van der Waals surface area contributed by atoms with Crippen LogP contribution in [0.15, 0.2) is 80.8 Å². The van der Waals surface area contributed by atoms with E-state index < -0.39 is 6.23 Å². The molecule has 0 radical (unpaired) electrons. The first-order chi connectivity index (χ1) is 13.6. The van der Waals surface area contributed by atoms with Crippen LogP contribution in [-0.2, 0) is 0 Å². The van der Waals surface area contributed by atoms with Gasteiger partial charge in [0, 0.05) is 20.9 Å². The van der Waals surface area contributed by atoms with E-state index in [1.165, 1.54) is 0 Å². The Balaban J connectivity index is 1.64. The lowest BCUT2D eigenvalue weighted by Gasteiger charge is -2.38. The van der Waals surface area contributed by atoms with Crippen LogP contribution in [0.1, 0.15) is 35.4 Å². The van der Waals surface area contributed by atoms with E-state index in [4.69, 9.17) is 9.84 Å². The zero-order chi connectivity index (χ0) is 19.3. The molecule has 6 heteroatoms. The molecule has 2 atom stereocenters. The van der Waals surface area contributed by atoms with Gasteiger partial charge in [0.15, 0.2) is 0 Å². The molecule has 0 spiro atoms. The third-order valence-corrected chi connectivity index (χ3v) is 6.10. The van der Waals surface area contributed by atoms with Crippen molar-refractivity contribution in [3.63, 3.8) is 0 Å². The molecular weight excluding hydrogens is 484 g/mol.